The van der Waals surface area contributed by atoms with Gasteiger partial charge in [0.25, 0.3) is 5.91 Å². The number of amides is 1. The number of hydrogen-bond acceptors (Lipinski definition) is 13. The average molecular weight is 805 g/mol. The highest BCUT2D eigenvalue weighted by Gasteiger charge is 2.36. The summed E-state index contributed by atoms with van der Waals surface area (Å²) in [6, 6.07) is 2.26. The Kier molecular flexibility index (Phi) is 15.0. The van der Waals surface area contributed by atoms with Gasteiger partial charge in [0.05, 0.1) is 18.8 Å². The summed E-state index contributed by atoms with van der Waals surface area (Å²) in [7, 11) is -1.12. The number of alkyl halides is 9. The standard InChI is InChI=1S/C20H21BF3N3O5.C6H5F3N2O.C6H3F3N2O/c1-10(2)16(18(29)31-8-12-6-25-19(26-7-12)20(22,23)24)27-17(28)14-5-4-13-9-32-21(30)15(13)11(14)3;2*7-6(8,9)5-10-1-4(3-12)2-11-5/h4-7,10,16,30H,8-9H2,1-3H3,(H,27,28);1-2,12H,3H2;1-3H/t16-;;/m0../s1. The van der Waals surface area contributed by atoms with Crippen LogP contribution < -0.4 is 10.8 Å². The van der Waals surface area contributed by atoms with Crippen molar-refractivity contribution in [1.29, 1.82) is 0 Å². The Balaban J connectivity index is 0.000000285. The van der Waals surface area contributed by atoms with Crippen LogP contribution in [0.25, 0.3) is 0 Å². The fourth-order valence-electron chi connectivity index (χ4n) is 4.42. The SMILES string of the molecule is Cc1c(C(=O)N[C@H](C(=O)OCc2cnc(C(F)(F)F)nc2)C(C)C)ccc2c1B(O)OC2.O=Cc1cnc(C(F)(F)F)nc1.OCc1cnc(C(F)(F)F)nc1. The number of aliphatic hydroxyl groups is 1. The molecule has 56 heavy (non-hydrogen) atoms. The zero-order valence-corrected chi connectivity index (χ0v) is 29.1. The molecule has 1 aliphatic rings. The van der Waals surface area contributed by atoms with Crippen LogP contribution in [0, 0.1) is 12.8 Å². The molecule has 24 heteroatoms. The number of aromatic nitrogens is 6. The van der Waals surface area contributed by atoms with Gasteiger partial charge >= 0.3 is 31.6 Å². The molecule has 4 aromatic rings. The Hall–Kier alpha value is -5.62. The predicted molar refractivity (Wildman–Crippen MR) is 172 cm³/mol. The van der Waals surface area contributed by atoms with E-state index in [0.717, 1.165) is 42.7 Å². The molecule has 3 N–H and O–H groups in total. The maximum atomic E-state index is 12.8. The van der Waals surface area contributed by atoms with Gasteiger partial charge in [-0.1, -0.05) is 19.9 Å². The molecule has 300 valence electrons. The van der Waals surface area contributed by atoms with Crippen LogP contribution in [0.5, 0.6) is 0 Å². The number of carbonyl (C=O) groups is 3. The Bertz CT molecular complexity index is 1950. The third kappa shape index (κ3) is 12.5. The van der Waals surface area contributed by atoms with E-state index in [4.69, 9.17) is 14.5 Å². The number of benzene rings is 1. The molecule has 0 saturated carbocycles. The second-order valence-corrected chi connectivity index (χ2v) is 11.7. The highest BCUT2D eigenvalue weighted by Crippen LogP contribution is 2.27. The lowest BCUT2D eigenvalue weighted by Crippen LogP contribution is -2.46. The molecule has 1 atom stereocenters. The van der Waals surface area contributed by atoms with E-state index in [2.05, 4.69) is 35.2 Å². The summed E-state index contributed by atoms with van der Waals surface area (Å²) in [6.45, 7) is 4.63. The van der Waals surface area contributed by atoms with Crippen LogP contribution in [0.4, 0.5) is 39.5 Å². The van der Waals surface area contributed by atoms with Crippen molar-refractivity contribution in [2.75, 3.05) is 0 Å². The average Bonchev–Trinajstić information content (AvgIpc) is 3.53. The number of esters is 1. The molecule has 1 aromatic carbocycles. The van der Waals surface area contributed by atoms with Crippen LogP contribution in [-0.4, -0.2) is 71.4 Å². The Morgan fingerprint density at radius 2 is 1.30 bits per heavy atom. The van der Waals surface area contributed by atoms with Crippen LogP contribution in [0.1, 0.15) is 74.3 Å². The lowest BCUT2D eigenvalue weighted by atomic mass is 9.75. The van der Waals surface area contributed by atoms with E-state index in [1.807, 2.05) is 0 Å². The maximum absolute atomic E-state index is 12.8. The first kappa shape index (κ1) is 44.8. The summed E-state index contributed by atoms with van der Waals surface area (Å²) in [4.78, 5) is 53.8. The number of aldehydes is 1. The van der Waals surface area contributed by atoms with Gasteiger partial charge in [0.15, 0.2) is 6.29 Å². The van der Waals surface area contributed by atoms with E-state index < -0.39 is 61.0 Å². The van der Waals surface area contributed by atoms with Gasteiger partial charge in [-0.2, -0.15) is 39.5 Å². The molecule has 4 heterocycles. The monoisotopic (exact) mass is 805 g/mol. The minimum Gasteiger partial charge on any atom is -0.459 e. The number of nitrogens with one attached hydrogen (secondary N) is 1. The molecule has 1 aliphatic heterocycles. The van der Waals surface area contributed by atoms with Crippen molar-refractivity contribution in [3.05, 3.63) is 100 Å². The van der Waals surface area contributed by atoms with Crippen molar-refractivity contribution >= 4 is 30.7 Å². The van der Waals surface area contributed by atoms with E-state index in [-0.39, 0.29) is 48.0 Å². The highest BCUT2D eigenvalue weighted by molar-refractivity contribution is 6.62. The van der Waals surface area contributed by atoms with E-state index in [1.54, 1.807) is 32.9 Å². The molecule has 5 rings (SSSR count). The Morgan fingerprint density at radius 3 is 1.73 bits per heavy atom. The molecule has 0 fully saturated rings. The van der Waals surface area contributed by atoms with Crippen molar-refractivity contribution in [3.8, 4) is 0 Å². The number of nitrogens with zero attached hydrogens (tertiary/aromatic N) is 6. The van der Waals surface area contributed by atoms with Crippen LogP contribution in [0.15, 0.2) is 49.3 Å². The lowest BCUT2D eigenvalue weighted by molar-refractivity contribution is -0.149. The first-order valence-corrected chi connectivity index (χ1v) is 15.7. The molecule has 0 unspecified atom stereocenters. The summed E-state index contributed by atoms with van der Waals surface area (Å²) in [5.41, 5.74) is 2.58. The molecule has 0 saturated heterocycles. The van der Waals surface area contributed by atoms with Crippen molar-refractivity contribution < 1.29 is 73.4 Å². The number of hydrogen-bond donors (Lipinski definition) is 3. The van der Waals surface area contributed by atoms with Crippen molar-refractivity contribution in [2.24, 2.45) is 5.92 Å². The van der Waals surface area contributed by atoms with E-state index in [0.29, 0.717) is 17.3 Å². The minimum absolute atomic E-state index is 0.0167. The topological polar surface area (TPSA) is 200 Å². The zero-order valence-electron chi connectivity index (χ0n) is 29.1. The van der Waals surface area contributed by atoms with Gasteiger partial charge in [0, 0.05) is 53.9 Å². The summed E-state index contributed by atoms with van der Waals surface area (Å²) in [6.07, 6.45) is -7.99. The molecular formula is C32H29BF9N7O7. The van der Waals surface area contributed by atoms with Crippen LogP contribution >= 0.6 is 0 Å². The smallest absolute Gasteiger partial charge is 0.459 e. The number of fused-ring (bicyclic) bond motifs is 1. The normalized spacial score (nSPS) is 13.1. The fourth-order valence-corrected chi connectivity index (χ4v) is 4.42. The number of halogens is 9. The van der Waals surface area contributed by atoms with E-state index in [1.165, 1.54) is 0 Å². The third-order valence-electron chi connectivity index (χ3n) is 7.24. The fraction of sp³-hybridized carbons (Fsp3) is 0.344. The summed E-state index contributed by atoms with van der Waals surface area (Å²) in [5.74, 6) is -5.35. The van der Waals surface area contributed by atoms with Gasteiger partial charge in [-0.25, -0.2) is 34.7 Å². The zero-order chi connectivity index (χ0) is 42.0. The summed E-state index contributed by atoms with van der Waals surface area (Å²) < 4.78 is 119. The van der Waals surface area contributed by atoms with Crippen LogP contribution in [0.2, 0.25) is 0 Å². The predicted octanol–water partition coefficient (Wildman–Crippen LogP) is 3.81. The highest BCUT2D eigenvalue weighted by atomic mass is 19.4. The number of rotatable bonds is 8. The molecular weight excluding hydrogens is 776 g/mol. The summed E-state index contributed by atoms with van der Waals surface area (Å²) >= 11 is 0. The molecule has 14 nitrogen and oxygen atoms in total. The molecule has 0 bridgehead atoms. The van der Waals surface area contributed by atoms with Gasteiger partial charge in [0.1, 0.15) is 12.6 Å². The van der Waals surface area contributed by atoms with Crippen LogP contribution in [-0.2, 0) is 52.5 Å². The lowest BCUT2D eigenvalue weighted by Gasteiger charge is -2.22. The minimum atomic E-state index is -4.67. The van der Waals surface area contributed by atoms with Crippen molar-refractivity contribution in [1.82, 2.24) is 35.2 Å². The van der Waals surface area contributed by atoms with E-state index in [9.17, 15) is 58.9 Å². The molecule has 0 radical (unpaired) electrons. The van der Waals surface area contributed by atoms with E-state index >= 15 is 0 Å². The first-order chi connectivity index (χ1) is 26.1. The maximum Gasteiger partial charge on any atom is 0.492 e. The number of ether oxygens (including phenoxy) is 1. The van der Waals surface area contributed by atoms with Gasteiger partial charge < -0.3 is 24.8 Å². The molecule has 1 amide bonds. The number of aliphatic hydroxyl groups excluding tert-OH is 1. The summed E-state index contributed by atoms with van der Waals surface area (Å²) in [5, 5.41) is 21.1. The van der Waals surface area contributed by atoms with Gasteiger partial charge in [-0.3, -0.25) is 9.59 Å². The molecule has 3 aromatic heterocycles. The molecule has 0 spiro atoms. The van der Waals surface area contributed by atoms with Crippen LogP contribution in [0.3, 0.4) is 0 Å². The first-order valence-electron chi connectivity index (χ1n) is 15.7. The second-order valence-electron chi connectivity index (χ2n) is 11.7. The largest absolute Gasteiger partial charge is 0.492 e. The van der Waals surface area contributed by atoms with Gasteiger partial charge in [-0.15, -0.1) is 0 Å². The third-order valence-corrected chi connectivity index (χ3v) is 7.24. The molecule has 0 aliphatic carbocycles. The second kappa shape index (κ2) is 18.8. The number of carbonyl (C=O) groups excluding carboxylic acids is 3. The Labute approximate surface area is 310 Å². The quantitative estimate of drug-likeness (QED) is 0.101. The van der Waals surface area contributed by atoms with Gasteiger partial charge in [-0.05, 0) is 35.5 Å². The van der Waals surface area contributed by atoms with Gasteiger partial charge in [0.2, 0.25) is 17.5 Å². The van der Waals surface area contributed by atoms with Crippen molar-refractivity contribution in [2.45, 2.75) is 65.2 Å². The van der Waals surface area contributed by atoms with Crippen molar-refractivity contribution in [3.63, 3.8) is 0 Å². The Morgan fingerprint density at radius 1 is 0.839 bits per heavy atom.